The van der Waals surface area contributed by atoms with E-state index in [1.165, 1.54) is 0 Å². The van der Waals surface area contributed by atoms with Crippen LogP contribution in [0.1, 0.15) is 24.2 Å². The van der Waals surface area contributed by atoms with E-state index in [1.807, 2.05) is 6.07 Å². The Balaban J connectivity index is 2.47. The van der Waals surface area contributed by atoms with Crippen molar-refractivity contribution < 1.29 is 10.2 Å². The van der Waals surface area contributed by atoms with Crippen LogP contribution in [-0.4, -0.2) is 29.4 Å². The third kappa shape index (κ3) is 3.99. The summed E-state index contributed by atoms with van der Waals surface area (Å²) in [6, 6.07) is 8.83. The molecule has 0 aliphatic carbocycles. The van der Waals surface area contributed by atoms with Gasteiger partial charge in [0.2, 0.25) is 0 Å². The van der Waals surface area contributed by atoms with Gasteiger partial charge in [-0.25, -0.2) is 0 Å². The number of aliphatic hydroxyl groups is 2. The van der Waals surface area contributed by atoms with E-state index in [-0.39, 0.29) is 0 Å². The summed E-state index contributed by atoms with van der Waals surface area (Å²) in [5.41, 5.74) is 1.34. The molecule has 0 saturated carbocycles. The number of nitriles is 1. The minimum Gasteiger partial charge on any atom is -0.392 e. The molecular formula is C12H16N2O2. The topological polar surface area (TPSA) is 76.3 Å². The normalized spacial score (nSPS) is 14.1. The number of aliphatic hydroxyl groups excluding tert-OH is 2. The summed E-state index contributed by atoms with van der Waals surface area (Å²) in [7, 11) is 0. The lowest BCUT2D eigenvalue weighted by molar-refractivity contribution is 0.155. The van der Waals surface area contributed by atoms with E-state index in [9.17, 15) is 5.11 Å². The van der Waals surface area contributed by atoms with Gasteiger partial charge in [-0.05, 0) is 24.6 Å². The Morgan fingerprint density at radius 1 is 1.25 bits per heavy atom. The standard InChI is InChI=1S/C12H16N2O2/c1-9(15)7-14-8-12(16)11-4-2-10(6-13)3-5-11/h2-5,9,12,14-16H,7-8H2,1H3. The number of nitrogens with zero attached hydrogens (tertiary/aromatic N) is 1. The minimum absolute atomic E-state index is 0.386. The highest BCUT2D eigenvalue weighted by molar-refractivity contribution is 5.32. The molecule has 86 valence electrons. The van der Waals surface area contributed by atoms with E-state index in [1.54, 1.807) is 31.2 Å². The number of rotatable bonds is 5. The van der Waals surface area contributed by atoms with Crippen molar-refractivity contribution in [2.45, 2.75) is 19.1 Å². The van der Waals surface area contributed by atoms with Gasteiger partial charge in [-0.3, -0.25) is 0 Å². The highest BCUT2D eigenvalue weighted by atomic mass is 16.3. The zero-order chi connectivity index (χ0) is 12.0. The molecule has 1 aromatic rings. The first kappa shape index (κ1) is 12.7. The monoisotopic (exact) mass is 220 g/mol. The van der Waals surface area contributed by atoms with Crippen LogP contribution in [0.5, 0.6) is 0 Å². The fraction of sp³-hybridized carbons (Fsp3) is 0.417. The van der Waals surface area contributed by atoms with Crippen LogP contribution in [0.15, 0.2) is 24.3 Å². The zero-order valence-electron chi connectivity index (χ0n) is 9.22. The summed E-state index contributed by atoms with van der Waals surface area (Å²) in [5, 5.41) is 30.4. The van der Waals surface area contributed by atoms with Crippen LogP contribution in [-0.2, 0) is 0 Å². The predicted molar refractivity (Wildman–Crippen MR) is 60.7 cm³/mol. The molecule has 0 saturated heterocycles. The van der Waals surface area contributed by atoms with Gasteiger partial charge >= 0.3 is 0 Å². The van der Waals surface area contributed by atoms with E-state index in [2.05, 4.69) is 5.32 Å². The van der Waals surface area contributed by atoms with Gasteiger partial charge in [-0.1, -0.05) is 12.1 Å². The van der Waals surface area contributed by atoms with Crippen molar-refractivity contribution in [3.63, 3.8) is 0 Å². The molecule has 1 aromatic carbocycles. The summed E-state index contributed by atoms with van der Waals surface area (Å²) in [4.78, 5) is 0. The Morgan fingerprint density at radius 2 is 1.88 bits per heavy atom. The summed E-state index contributed by atoms with van der Waals surface area (Å²) in [6.07, 6.45) is -1.04. The fourth-order valence-corrected chi connectivity index (χ4v) is 1.33. The molecule has 0 aliphatic heterocycles. The Morgan fingerprint density at radius 3 is 2.38 bits per heavy atom. The lowest BCUT2D eigenvalue weighted by Gasteiger charge is -2.13. The highest BCUT2D eigenvalue weighted by Gasteiger charge is 2.07. The van der Waals surface area contributed by atoms with Gasteiger partial charge in [0.1, 0.15) is 0 Å². The summed E-state index contributed by atoms with van der Waals surface area (Å²) < 4.78 is 0. The molecular weight excluding hydrogens is 204 g/mol. The second-order valence-corrected chi connectivity index (χ2v) is 3.76. The Labute approximate surface area is 95.2 Å². The van der Waals surface area contributed by atoms with Gasteiger partial charge in [-0.2, -0.15) is 5.26 Å². The van der Waals surface area contributed by atoms with Crippen molar-refractivity contribution in [3.8, 4) is 6.07 Å². The maximum Gasteiger partial charge on any atom is 0.0991 e. The van der Waals surface area contributed by atoms with Crippen molar-refractivity contribution >= 4 is 0 Å². The molecule has 0 bridgehead atoms. The first-order valence-electron chi connectivity index (χ1n) is 5.20. The van der Waals surface area contributed by atoms with E-state index in [0.717, 1.165) is 5.56 Å². The van der Waals surface area contributed by atoms with Gasteiger partial charge in [0.05, 0.1) is 23.8 Å². The molecule has 2 atom stereocenters. The molecule has 4 nitrogen and oxygen atoms in total. The van der Waals surface area contributed by atoms with Crippen molar-refractivity contribution in [2.24, 2.45) is 0 Å². The highest BCUT2D eigenvalue weighted by Crippen LogP contribution is 2.12. The van der Waals surface area contributed by atoms with Crippen LogP contribution < -0.4 is 5.32 Å². The first-order valence-corrected chi connectivity index (χ1v) is 5.20. The lowest BCUT2D eigenvalue weighted by atomic mass is 10.1. The first-order chi connectivity index (χ1) is 7.63. The average Bonchev–Trinajstić information content (AvgIpc) is 2.28. The minimum atomic E-state index is -0.619. The number of hydrogen-bond acceptors (Lipinski definition) is 4. The SMILES string of the molecule is CC(O)CNCC(O)c1ccc(C#N)cc1. The fourth-order valence-electron chi connectivity index (χ4n) is 1.33. The molecule has 0 aromatic heterocycles. The molecule has 1 rings (SSSR count). The van der Waals surface area contributed by atoms with Gasteiger partial charge in [-0.15, -0.1) is 0 Å². The number of benzene rings is 1. The van der Waals surface area contributed by atoms with Gasteiger partial charge in [0, 0.05) is 13.1 Å². The maximum absolute atomic E-state index is 9.77. The molecule has 2 unspecified atom stereocenters. The average molecular weight is 220 g/mol. The van der Waals surface area contributed by atoms with E-state index >= 15 is 0 Å². The van der Waals surface area contributed by atoms with Crippen LogP contribution >= 0.6 is 0 Å². The van der Waals surface area contributed by atoms with Crippen molar-refractivity contribution in [1.29, 1.82) is 5.26 Å². The van der Waals surface area contributed by atoms with E-state index in [4.69, 9.17) is 10.4 Å². The molecule has 0 heterocycles. The molecule has 16 heavy (non-hydrogen) atoms. The second kappa shape index (κ2) is 6.23. The van der Waals surface area contributed by atoms with Crippen LogP contribution in [0.3, 0.4) is 0 Å². The van der Waals surface area contributed by atoms with Crippen molar-refractivity contribution in [2.75, 3.05) is 13.1 Å². The quantitative estimate of drug-likeness (QED) is 0.677. The van der Waals surface area contributed by atoms with Crippen LogP contribution in [0.2, 0.25) is 0 Å². The van der Waals surface area contributed by atoms with Crippen molar-refractivity contribution in [1.82, 2.24) is 5.32 Å². The van der Waals surface area contributed by atoms with Crippen molar-refractivity contribution in [3.05, 3.63) is 35.4 Å². The summed E-state index contributed by atoms with van der Waals surface area (Å²) in [6.45, 7) is 2.52. The molecule has 0 amide bonds. The molecule has 0 fully saturated rings. The van der Waals surface area contributed by atoms with Crippen LogP contribution in [0.25, 0.3) is 0 Å². The number of nitrogens with one attached hydrogen (secondary N) is 1. The van der Waals surface area contributed by atoms with Gasteiger partial charge in [0.15, 0.2) is 0 Å². The molecule has 4 heteroatoms. The largest absolute Gasteiger partial charge is 0.392 e. The third-order valence-electron chi connectivity index (χ3n) is 2.20. The van der Waals surface area contributed by atoms with Gasteiger partial charge in [0.25, 0.3) is 0 Å². The van der Waals surface area contributed by atoms with Gasteiger partial charge < -0.3 is 15.5 Å². The molecule has 3 N–H and O–H groups in total. The summed E-state index contributed by atoms with van der Waals surface area (Å²) in [5.74, 6) is 0. The Kier molecular flexibility index (Phi) is 4.93. The second-order valence-electron chi connectivity index (χ2n) is 3.76. The Hall–Kier alpha value is -1.41. The van der Waals surface area contributed by atoms with Crippen LogP contribution in [0.4, 0.5) is 0 Å². The lowest BCUT2D eigenvalue weighted by Crippen LogP contribution is -2.28. The maximum atomic E-state index is 9.77. The Bertz CT molecular complexity index is 354. The van der Waals surface area contributed by atoms with E-state index in [0.29, 0.717) is 18.7 Å². The summed E-state index contributed by atoms with van der Waals surface area (Å²) >= 11 is 0. The van der Waals surface area contributed by atoms with Crippen LogP contribution in [0, 0.1) is 11.3 Å². The zero-order valence-corrected chi connectivity index (χ0v) is 9.22. The molecule has 0 spiro atoms. The number of hydrogen-bond donors (Lipinski definition) is 3. The van der Waals surface area contributed by atoms with E-state index < -0.39 is 12.2 Å². The molecule has 0 aliphatic rings. The molecule has 0 radical (unpaired) electrons. The third-order valence-corrected chi connectivity index (χ3v) is 2.20. The predicted octanol–water partition coefficient (Wildman–Crippen LogP) is 0.562. The smallest absolute Gasteiger partial charge is 0.0991 e.